The Bertz CT molecular complexity index is 807. The highest BCUT2D eigenvalue weighted by Gasteiger charge is 2.26. The minimum atomic E-state index is -0.00414. The summed E-state index contributed by atoms with van der Waals surface area (Å²) in [4.78, 5) is 15.0. The quantitative estimate of drug-likeness (QED) is 0.751. The van der Waals surface area contributed by atoms with E-state index in [1.807, 2.05) is 31.2 Å². The number of nitrogens with one attached hydrogen (secondary N) is 1. The largest absolute Gasteiger partial charge is 0.326 e. The molecule has 0 aromatic heterocycles. The van der Waals surface area contributed by atoms with Crippen molar-refractivity contribution in [2.24, 2.45) is 5.92 Å². The van der Waals surface area contributed by atoms with E-state index in [0.717, 1.165) is 49.3 Å². The van der Waals surface area contributed by atoms with Crippen molar-refractivity contribution in [2.45, 2.75) is 33.2 Å². The van der Waals surface area contributed by atoms with Crippen LogP contribution in [0.15, 0.2) is 36.4 Å². The van der Waals surface area contributed by atoms with Gasteiger partial charge >= 0.3 is 0 Å². The molecular weight excluding hydrogens is 367 g/mol. The molecule has 0 bridgehead atoms. The molecule has 2 aromatic rings. The van der Waals surface area contributed by atoms with Crippen LogP contribution in [0.2, 0.25) is 10.0 Å². The van der Waals surface area contributed by atoms with E-state index >= 15 is 0 Å². The van der Waals surface area contributed by atoms with Crippen LogP contribution in [0.4, 0.5) is 5.69 Å². The van der Waals surface area contributed by atoms with Gasteiger partial charge in [-0.15, -0.1) is 0 Å². The average molecular weight is 391 g/mol. The molecule has 1 fully saturated rings. The maximum Gasteiger partial charge on any atom is 0.228 e. The number of halogens is 2. The Balaban J connectivity index is 1.63. The van der Waals surface area contributed by atoms with Gasteiger partial charge in [0.05, 0.1) is 5.92 Å². The van der Waals surface area contributed by atoms with Crippen LogP contribution < -0.4 is 5.32 Å². The van der Waals surface area contributed by atoms with Crippen molar-refractivity contribution < 1.29 is 4.79 Å². The summed E-state index contributed by atoms with van der Waals surface area (Å²) < 4.78 is 0. The maximum absolute atomic E-state index is 12.7. The van der Waals surface area contributed by atoms with Crippen LogP contribution >= 0.6 is 23.2 Å². The molecule has 1 heterocycles. The summed E-state index contributed by atoms with van der Waals surface area (Å²) in [5, 5.41) is 4.42. The number of likely N-dealkylation sites (tertiary alicyclic amines) is 1. The molecule has 3 rings (SSSR count). The first-order valence-corrected chi connectivity index (χ1v) is 9.72. The fourth-order valence-corrected chi connectivity index (χ4v) is 3.96. The zero-order valence-corrected chi connectivity index (χ0v) is 16.7. The van der Waals surface area contributed by atoms with Gasteiger partial charge in [-0.3, -0.25) is 9.69 Å². The highest BCUT2D eigenvalue weighted by atomic mass is 35.5. The molecule has 1 aliphatic heterocycles. The minimum absolute atomic E-state index is 0.00414. The summed E-state index contributed by atoms with van der Waals surface area (Å²) in [6.07, 6.45) is 1.93. The molecule has 1 saturated heterocycles. The number of hydrogen-bond donors (Lipinski definition) is 1. The van der Waals surface area contributed by atoms with Gasteiger partial charge in [0.2, 0.25) is 5.91 Å². The lowest BCUT2D eigenvalue weighted by Crippen LogP contribution is -2.40. The Morgan fingerprint density at radius 2 is 2.00 bits per heavy atom. The second kappa shape index (κ2) is 8.43. The van der Waals surface area contributed by atoms with E-state index in [1.54, 1.807) is 6.07 Å². The summed E-state index contributed by atoms with van der Waals surface area (Å²) in [6, 6.07) is 11.7. The van der Waals surface area contributed by atoms with Crippen molar-refractivity contribution in [3.05, 3.63) is 63.1 Å². The number of carbonyl (C=O) groups is 1. The highest BCUT2D eigenvalue weighted by molar-refractivity contribution is 6.35. The normalized spacial score (nSPS) is 17.9. The Hall–Kier alpha value is -1.55. The first-order chi connectivity index (χ1) is 12.4. The molecule has 1 amide bonds. The van der Waals surface area contributed by atoms with E-state index in [-0.39, 0.29) is 11.8 Å². The third-order valence-corrected chi connectivity index (χ3v) is 5.51. The molecule has 0 aliphatic carbocycles. The molecule has 0 spiro atoms. The average Bonchev–Trinajstić information content (AvgIpc) is 2.60. The van der Waals surface area contributed by atoms with E-state index in [2.05, 4.69) is 23.2 Å². The Morgan fingerprint density at radius 3 is 2.73 bits per heavy atom. The summed E-state index contributed by atoms with van der Waals surface area (Å²) >= 11 is 12.3. The van der Waals surface area contributed by atoms with E-state index in [9.17, 15) is 4.79 Å². The smallest absolute Gasteiger partial charge is 0.228 e. The molecule has 138 valence electrons. The topological polar surface area (TPSA) is 32.3 Å². The Morgan fingerprint density at radius 1 is 1.19 bits per heavy atom. The maximum atomic E-state index is 12.7. The third-order valence-electron chi connectivity index (χ3n) is 4.93. The number of aryl methyl sites for hydroxylation is 2. The zero-order valence-electron chi connectivity index (χ0n) is 15.2. The lowest BCUT2D eigenvalue weighted by Gasteiger charge is -2.32. The lowest BCUT2D eigenvalue weighted by molar-refractivity contribution is -0.121. The first-order valence-electron chi connectivity index (χ1n) is 8.97. The van der Waals surface area contributed by atoms with Gasteiger partial charge in [-0.25, -0.2) is 0 Å². The highest BCUT2D eigenvalue weighted by Crippen LogP contribution is 2.26. The predicted molar refractivity (Wildman–Crippen MR) is 109 cm³/mol. The molecule has 1 aliphatic rings. The minimum Gasteiger partial charge on any atom is -0.326 e. The Labute approximate surface area is 165 Å². The van der Waals surface area contributed by atoms with Gasteiger partial charge in [0.1, 0.15) is 0 Å². The third kappa shape index (κ3) is 4.79. The fourth-order valence-electron chi connectivity index (χ4n) is 3.49. The molecule has 2 aromatic carbocycles. The summed E-state index contributed by atoms with van der Waals surface area (Å²) in [7, 11) is 0. The van der Waals surface area contributed by atoms with Gasteiger partial charge in [-0.1, -0.05) is 47.0 Å². The van der Waals surface area contributed by atoms with Crippen molar-refractivity contribution in [1.29, 1.82) is 0 Å². The summed E-state index contributed by atoms with van der Waals surface area (Å²) in [5.74, 6) is 0.0967. The van der Waals surface area contributed by atoms with E-state index < -0.39 is 0 Å². The van der Waals surface area contributed by atoms with Gasteiger partial charge in [0.15, 0.2) is 0 Å². The van der Waals surface area contributed by atoms with E-state index in [4.69, 9.17) is 23.2 Å². The van der Waals surface area contributed by atoms with E-state index in [0.29, 0.717) is 10.0 Å². The van der Waals surface area contributed by atoms with Crippen molar-refractivity contribution in [3.8, 4) is 0 Å². The van der Waals surface area contributed by atoms with Crippen molar-refractivity contribution in [1.82, 2.24) is 4.90 Å². The van der Waals surface area contributed by atoms with Gasteiger partial charge in [0, 0.05) is 28.8 Å². The van der Waals surface area contributed by atoms with Crippen LogP contribution in [0.25, 0.3) is 0 Å². The molecule has 1 N–H and O–H groups in total. The fraction of sp³-hybridized carbons (Fsp3) is 0.381. The number of rotatable bonds is 4. The van der Waals surface area contributed by atoms with Crippen LogP contribution in [0.3, 0.4) is 0 Å². The molecular formula is C21H24Cl2N2O. The van der Waals surface area contributed by atoms with Crippen molar-refractivity contribution >= 4 is 34.8 Å². The predicted octanol–water partition coefficient (Wildman–Crippen LogP) is 5.46. The number of piperidine rings is 1. The first kappa shape index (κ1) is 19.2. The number of carbonyl (C=O) groups excluding carboxylic acids is 1. The van der Waals surface area contributed by atoms with Crippen LogP contribution in [-0.4, -0.2) is 23.9 Å². The van der Waals surface area contributed by atoms with Crippen LogP contribution in [-0.2, 0) is 11.3 Å². The molecule has 3 nitrogen and oxygen atoms in total. The van der Waals surface area contributed by atoms with E-state index in [1.165, 1.54) is 5.56 Å². The number of amides is 1. The van der Waals surface area contributed by atoms with Gasteiger partial charge in [-0.2, -0.15) is 0 Å². The number of benzene rings is 2. The van der Waals surface area contributed by atoms with Crippen molar-refractivity contribution in [2.75, 3.05) is 18.4 Å². The number of anilines is 1. The monoisotopic (exact) mass is 390 g/mol. The van der Waals surface area contributed by atoms with Crippen LogP contribution in [0.1, 0.15) is 29.5 Å². The Kier molecular flexibility index (Phi) is 6.23. The van der Waals surface area contributed by atoms with Crippen LogP contribution in [0, 0.1) is 19.8 Å². The van der Waals surface area contributed by atoms with Gasteiger partial charge < -0.3 is 5.32 Å². The molecule has 1 atom stereocenters. The molecule has 5 heteroatoms. The summed E-state index contributed by atoms with van der Waals surface area (Å²) in [5.41, 5.74) is 4.24. The lowest BCUT2D eigenvalue weighted by atomic mass is 9.96. The number of hydrogen-bond acceptors (Lipinski definition) is 2. The second-order valence-corrected chi connectivity index (χ2v) is 7.96. The summed E-state index contributed by atoms with van der Waals surface area (Å²) in [6.45, 7) is 6.54. The standard InChI is InChI=1S/C21H24Cl2N2O/c1-14-5-8-20(15(2)10-14)24-21(26)17-4-3-9-25(13-17)12-16-6-7-18(22)11-19(16)23/h5-8,10-11,17H,3-4,9,12-13H2,1-2H3,(H,24,26). The SMILES string of the molecule is Cc1ccc(NC(=O)C2CCCN(Cc3ccc(Cl)cc3Cl)C2)c(C)c1. The van der Waals surface area contributed by atoms with Gasteiger partial charge in [-0.05, 0) is 62.6 Å². The molecule has 0 radical (unpaired) electrons. The van der Waals surface area contributed by atoms with Crippen molar-refractivity contribution in [3.63, 3.8) is 0 Å². The molecule has 26 heavy (non-hydrogen) atoms. The van der Waals surface area contributed by atoms with Gasteiger partial charge in [0.25, 0.3) is 0 Å². The number of nitrogens with zero attached hydrogens (tertiary/aromatic N) is 1. The molecule has 1 unspecified atom stereocenters. The zero-order chi connectivity index (χ0) is 18.7. The van der Waals surface area contributed by atoms with Crippen LogP contribution in [0.5, 0.6) is 0 Å². The second-order valence-electron chi connectivity index (χ2n) is 7.12. The molecule has 0 saturated carbocycles.